The Bertz CT molecular complexity index is 1460. The molecule has 0 bridgehead atoms. The van der Waals surface area contributed by atoms with Crippen LogP contribution in [-0.4, -0.2) is 32.7 Å². The Morgan fingerprint density at radius 1 is 0.976 bits per heavy atom. The maximum atomic E-state index is 13.2. The summed E-state index contributed by atoms with van der Waals surface area (Å²) in [7, 11) is 0. The number of halogens is 2. The summed E-state index contributed by atoms with van der Waals surface area (Å²) in [4.78, 5) is 30.0. The molecule has 4 unspecified atom stereocenters. The first-order valence-corrected chi connectivity index (χ1v) is 14.5. The molecule has 0 amide bonds. The predicted octanol–water partition coefficient (Wildman–Crippen LogP) is 7.74. The smallest absolute Gasteiger partial charge is 0.293 e. The van der Waals surface area contributed by atoms with Gasteiger partial charge in [-0.25, -0.2) is 4.39 Å². The maximum Gasteiger partial charge on any atom is 0.293 e. The van der Waals surface area contributed by atoms with Gasteiger partial charge in [0.05, 0.1) is 4.83 Å². The number of aromatic nitrogens is 2. The number of Topliss-reactive ketones (excluding diaryl/α,β-unsaturated/α-hetero) is 1. The van der Waals surface area contributed by atoms with Gasteiger partial charge in [0, 0.05) is 36.6 Å². The normalized spacial score (nSPS) is 20.9. The molecule has 4 aromatic rings. The predicted molar refractivity (Wildman–Crippen MR) is 164 cm³/mol. The van der Waals surface area contributed by atoms with Crippen molar-refractivity contribution in [2.24, 2.45) is 11.8 Å². The Kier molecular flexibility index (Phi) is 10.2. The van der Waals surface area contributed by atoms with Crippen LogP contribution in [0.1, 0.15) is 49.8 Å². The summed E-state index contributed by atoms with van der Waals surface area (Å²) in [5.41, 5.74) is 3.21. The van der Waals surface area contributed by atoms with Gasteiger partial charge in [-0.2, -0.15) is 0 Å². The lowest BCUT2D eigenvalue weighted by molar-refractivity contribution is -0.138. The molecule has 7 heteroatoms. The van der Waals surface area contributed by atoms with Crippen LogP contribution in [0.2, 0.25) is 0 Å². The number of benzene rings is 3. The lowest BCUT2D eigenvalue weighted by Crippen LogP contribution is -2.41. The Labute approximate surface area is 249 Å². The second-order valence-corrected chi connectivity index (χ2v) is 12.1. The first-order valence-electron chi connectivity index (χ1n) is 13.6. The second-order valence-electron chi connectivity index (χ2n) is 11.1. The van der Waals surface area contributed by atoms with Crippen molar-refractivity contribution in [3.05, 3.63) is 114 Å². The molecule has 0 N–H and O–H groups in total. The van der Waals surface area contributed by atoms with E-state index in [-0.39, 0.29) is 33.9 Å². The number of nitrogens with zero attached hydrogens (tertiary/aromatic N) is 2. The van der Waals surface area contributed by atoms with E-state index < -0.39 is 0 Å². The van der Waals surface area contributed by atoms with Crippen molar-refractivity contribution < 1.29 is 18.7 Å². The van der Waals surface area contributed by atoms with Gasteiger partial charge in [0.1, 0.15) is 11.4 Å². The number of hydrogen-bond acceptors (Lipinski definition) is 5. The molecule has 41 heavy (non-hydrogen) atoms. The van der Waals surface area contributed by atoms with E-state index in [2.05, 4.69) is 79.2 Å². The molecule has 212 valence electrons. The molecule has 1 fully saturated rings. The zero-order chi connectivity index (χ0) is 29.4. The molecule has 0 saturated heterocycles. The fourth-order valence-electron chi connectivity index (χ4n) is 5.29. The highest BCUT2D eigenvalue weighted by Gasteiger charge is 2.44. The molecule has 2 aliphatic rings. The molecule has 2 aliphatic carbocycles. The average molecular weight is 618 g/mol. The van der Waals surface area contributed by atoms with Crippen molar-refractivity contribution in [2.45, 2.75) is 50.0 Å². The summed E-state index contributed by atoms with van der Waals surface area (Å²) in [5.74, 6) is 0.488. The van der Waals surface area contributed by atoms with Crippen LogP contribution in [0.3, 0.4) is 0 Å². The molecular formula is C34H34BrFN2O3. The molecule has 4 atom stereocenters. The molecule has 1 heterocycles. The Balaban J connectivity index is 0.000000247. The zero-order valence-electron chi connectivity index (χ0n) is 23.4. The summed E-state index contributed by atoms with van der Waals surface area (Å²) in [5, 5.41) is 2.47. The molecule has 5 nitrogen and oxygen atoms in total. The van der Waals surface area contributed by atoms with Crippen LogP contribution in [-0.2, 0) is 20.7 Å². The third kappa shape index (κ3) is 7.94. The van der Waals surface area contributed by atoms with Crippen LogP contribution in [0.25, 0.3) is 16.8 Å². The maximum absolute atomic E-state index is 13.2. The van der Waals surface area contributed by atoms with Crippen LogP contribution in [0.4, 0.5) is 4.39 Å². The fourth-order valence-corrected chi connectivity index (χ4v) is 6.34. The highest BCUT2D eigenvalue weighted by molar-refractivity contribution is 9.10. The molecule has 0 aliphatic heterocycles. The van der Waals surface area contributed by atoms with E-state index in [4.69, 9.17) is 0 Å². The van der Waals surface area contributed by atoms with Crippen molar-refractivity contribution in [1.29, 1.82) is 0 Å². The summed E-state index contributed by atoms with van der Waals surface area (Å²) in [6.07, 6.45) is 12.6. The highest BCUT2D eigenvalue weighted by Crippen LogP contribution is 2.48. The van der Waals surface area contributed by atoms with Gasteiger partial charge < -0.3 is 4.74 Å². The summed E-state index contributed by atoms with van der Waals surface area (Å²) in [6.45, 7) is 5.92. The number of ketones is 1. The fraction of sp³-hybridized carbons (Fsp3) is 0.294. The van der Waals surface area contributed by atoms with Gasteiger partial charge in [-0.1, -0.05) is 76.6 Å². The van der Waals surface area contributed by atoms with Gasteiger partial charge in [0.15, 0.2) is 5.78 Å². The number of allylic oxidation sites excluding steroid dienone is 1. The van der Waals surface area contributed by atoms with E-state index in [0.29, 0.717) is 18.8 Å². The minimum absolute atomic E-state index is 0.0391. The monoisotopic (exact) mass is 616 g/mol. The Morgan fingerprint density at radius 3 is 2.22 bits per heavy atom. The van der Waals surface area contributed by atoms with Gasteiger partial charge in [-0.3, -0.25) is 19.6 Å². The van der Waals surface area contributed by atoms with E-state index in [0.717, 1.165) is 12.0 Å². The third-order valence-corrected chi connectivity index (χ3v) is 8.18. The number of alkyl halides is 1. The van der Waals surface area contributed by atoms with E-state index in [1.165, 1.54) is 34.0 Å². The topological polar surface area (TPSA) is 69.2 Å². The SMILES string of the molecule is CC(C)(C)OC=O.O=C1C(Cc2ccc(F)cc2)CC2C=Cc3c(ccc4ccccc34)C2C1Br.c1cnccn1. The Morgan fingerprint density at radius 2 is 1.63 bits per heavy atom. The lowest BCUT2D eigenvalue weighted by atomic mass is 9.66. The van der Waals surface area contributed by atoms with Crippen molar-refractivity contribution in [2.75, 3.05) is 0 Å². The molecule has 1 saturated carbocycles. The van der Waals surface area contributed by atoms with Gasteiger partial charge in [-0.15, -0.1) is 0 Å². The van der Waals surface area contributed by atoms with Crippen LogP contribution < -0.4 is 0 Å². The van der Waals surface area contributed by atoms with E-state index in [1.54, 1.807) is 36.9 Å². The van der Waals surface area contributed by atoms with Gasteiger partial charge in [-0.05, 0) is 79.1 Å². The van der Waals surface area contributed by atoms with Crippen molar-refractivity contribution in [3.63, 3.8) is 0 Å². The molecular weight excluding hydrogens is 583 g/mol. The number of carbonyl (C=O) groups excluding carboxylic acids is 2. The summed E-state index contributed by atoms with van der Waals surface area (Å²) >= 11 is 3.75. The number of hydrogen-bond donors (Lipinski definition) is 0. The summed E-state index contributed by atoms with van der Waals surface area (Å²) < 4.78 is 17.7. The molecule has 6 rings (SSSR count). The lowest BCUT2D eigenvalue weighted by Gasteiger charge is -2.40. The van der Waals surface area contributed by atoms with Crippen molar-refractivity contribution >= 4 is 45.0 Å². The number of carbonyl (C=O) groups is 2. The standard InChI is InChI=1S/C25H20BrFO.C5H10O2.C4H4N2/c26-24-23-17(14-18(25(24)28)13-15-5-9-19(27)10-6-15)8-11-21-20-4-2-1-3-16(20)7-12-22(21)23;1-5(2,3)7-4-6;1-2-6-4-3-5-1/h1-12,17-18,23-24H,13-14H2;4H,1-3H3;1-4H. The largest absolute Gasteiger partial charge is 0.462 e. The average Bonchev–Trinajstić information content (AvgIpc) is 2.97. The van der Waals surface area contributed by atoms with Gasteiger partial charge in [0.2, 0.25) is 0 Å². The van der Waals surface area contributed by atoms with E-state index >= 15 is 0 Å². The van der Waals surface area contributed by atoms with Crippen molar-refractivity contribution in [3.8, 4) is 0 Å². The van der Waals surface area contributed by atoms with E-state index in [1.807, 2.05) is 20.8 Å². The quantitative estimate of drug-likeness (QED) is 0.174. The number of ether oxygens (including phenoxy) is 1. The zero-order valence-corrected chi connectivity index (χ0v) is 25.0. The van der Waals surface area contributed by atoms with Gasteiger partial charge in [0.25, 0.3) is 6.47 Å². The molecule has 3 aromatic carbocycles. The van der Waals surface area contributed by atoms with Crippen LogP contribution in [0.15, 0.2) is 91.5 Å². The first kappa shape index (κ1) is 30.3. The second kappa shape index (κ2) is 13.8. The van der Waals surface area contributed by atoms with Crippen LogP contribution in [0.5, 0.6) is 0 Å². The minimum atomic E-state index is -0.318. The van der Waals surface area contributed by atoms with Crippen molar-refractivity contribution in [1.82, 2.24) is 9.97 Å². The molecule has 0 spiro atoms. The van der Waals surface area contributed by atoms with Crippen LogP contribution in [0, 0.1) is 17.7 Å². The van der Waals surface area contributed by atoms with Crippen LogP contribution >= 0.6 is 15.9 Å². The number of rotatable bonds is 3. The highest BCUT2D eigenvalue weighted by atomic mass is 79.9. The van der Waals surface area contributed by atoms with Gasteiger partial charge >= 0.3 is 0 Å². The number of fused-ring (bicyclic) bond motifs is 5. The molecule has 1 aromatic heterocycles. The summed E-state index contributed by atoms with van der Waals surface area (Å²) in [6, 6.07) is 19.3. The Hall–Kier alpha value is -3.71. The first-order chi connectivity index (χ1) is 19.7. The van der Waals surface area contributed by atoms with E-state index in [9.17, 15) is 14.0 Å². The third-order valence-electron chi connectivity index (χ3n) is 7.16. The minimum Gasteiger partial charge on any atom is -0.462 e. The molecule has 0 radical (unpaired) electrons.